The second kappa shape index (κ2) is 5.29. The minimum absolute atomic E-state index is 0.243. The van der Waals surface area contributed by atoms with E-state index in [4.69, 9.17) is 0 Å². The van der Waals surface area contributed by atoms with Gasteiger partial charge in [0.2, 0.25) is 0 Å². The highest BCUT2D eigenvalue weighted by atomic mass is 32.1. The number of thiophene rings is 1. The summed E-state index contributed by atoms with van der Waals surface area (Å²) in [6.45, 7) is 8.56. The Morgan fingerprint density at radius 1 is 1.29 bits per heavy atom. The average molecular weight is 266 g/mol. The molecule has 2 aromatic rings. The Morgan fingerprint density at radius 3 is 2.53 bits per heavy atom. The van der Waals surface area contributed by atoms with Crippen LogP contribution in [0.15, 0.2) is 17.5 Å². The van der Waals surface area contributed by atoms with Crippen LogP contribution in [0.4, 0.5) is 0 Å². The number of aromatic nitrogens is 1. The molecule has 0 aliphatic carbocycles. The highest BCUT2D eigenvalue weighted by molar-refractivity contribution is 7.12. The fraction of sp³-hybridized carbons (Fsp3) is 0.462. The predicted molar refractivity (Wildman–Crippen MR) is 76.0 cm³/mol. The Morgan fingerprint density at radius 2 is 2.06 bits per heavy atom. The molecule has 0 saturated heterocycles. The first-order valence-electron chi connectivity index (χ1n) is 5.81. The first-order valence-corrected chi connectivity index (χ1v) is 7.51. The fourth-order valence-electron chi connectivity index (χ4n) is 1.68. The quantitative estimate of drug-likeness (QED) is 0.907. The summed E-state index contributed by atoms with van der Waals surface area (Å²) in [6.07, 6.45) is 0. The third-order valence-electron chi connectivity index (χ3n) is 2.62. The molecule has 0 aliphatic rings. The number of hydrogen-bond acceptors (Lipinski definition) is 4. The summed E-state index contributed by atoms with van der Waals surface area (Å²) in [5.41, 5.74) is 1.15. The lowest BCUT2D eigenvalue weighted by Gasteiger charge is -2.17. The van der Waals surface area contributed by atoms with Gasteiger partial charge in [0.1, 0.15) is 5.01 Å². The number of thiazole rings is 1. The van der Waals surface area contributed by atoms with Crippen LogP contribution in [0, 0.1) is 13.8 Å². The molecule has 92 valence electrons. The van der Waals surface area contributed by atoms with E-state index in [-0.39, 0.29) is 6.04 Å². The van der Waals surface area contributed by atoms with E-state index in [2.05, 4.69) is 55.5 Å². The molecule has 2 nitrogen and oxygen atoms in total. The van der Waals surface area contributed by atoms with E-state index in [1.165, 1.54) is 14.8 Å². The maximum absolute atomic E-state index is 4.68. The van der Waals surface area contributed by atoms with Gasteiger partial charge in [-0.1, -0.05) is 6.07 Å². The second-order valence-corrected chi connectivity index (χ2v) is 6.68. The van der Waals surface area contributed by atoms with Crippen molar-refractivity contribution in [2.45, 2.75) is 39.8 Å². The maximum atomic E-state index is 4.68. The fourth-order valence-corrected chi connectivity index (χ4v) is 3.55. The van der Waals surface area contributed by atoms with Gasteiger partial charge in [0.25, 0.3) is 0 Å². The third kappa shape index (κ3) is 2.94. The highest BCUT2D eigenvalue weighted by Gasteiger charge is 2.20. The van der Waals surface area contributed by atoms with E-state index in [9.17, 15) is 0 Å². The van der Waals surface area contributed by atoms with Crippen molar-refractivity contribution < 1.29 is 0 Å². The number of nitrogens with zero attached hydrogens (tertiary/aromatic N) is 1. The van der Waals surface area contributed by atoms with Crippen molar-refractivity contribution in [1.82, 2.24) is 10.3 Å². The molecule has 0 aromatic carbocycles. The van der Waals surface area contributed by atoms with Gasteiger partial charge in [-0.2, -0.15) is 0 Å². The molecule has 4 heteroatoms. The molecule has 0 amide bonds. The van der Waals surface area contributed by atoms with Crippen LogP contribution in [-0.4, -0.2) is 11.0 Å². The summed E-state index contributed by atoms with van der Waals surface area (Å²) in [5, 5.41) is 6.90. The number of hydrogen-bond donors (Lipinski definition) is 1. The molecule has 0 fully saturated rings. The van der Waals surface area contributed by atoms with Crippen LogP contribution in [0.3, 0.4) is 0 Å². The van der Waals surface area contributed by atoms with E-state index >= 15 is 0 Å². The van der Waals surface area contributed by atoms with Gasteiger partial charge in [-0.25, -0.2) is 4.98 Å². The molecule has 1 unspecified atom stereocenters. The number of nitrogens with one attached hydrogen (secondary N) is 1. The number of rotatable bonds is 4. The summed E-state index contributed by atoms with van der Waals surface area (Å²) in [6, 6.07) is 4.97. The molecule has 0 bridgehead atoms. The van der Waals surface area contributed by atoms with Crippen molar-refractivity contribution in [1.29, 1.82) is 0 Å². The highest BCUT2D eigenvalue weighted by Crippen LogP contribution is 2.30. The molecule has 0 radical (unpaired) electrons. The Bertz CT molecular complexity index is 452. The van der Waals surface area contributed by atoms with Gasteiger partial charge in [-0.3, -0.25) is 0 Å². The van der Waals surface area contributed by atoms with E-state index in [1.54, 1.807) is 22.7 Å². The van der Waals surface area contributed by atoms with E-state index in [1.807, 2.05) is 0 Å². The Labute approximate surface area is 111 Å². The number of aryl methyl sites for hydroxylation is 2. The molecular formula is C13H18N2S2. The molecule has 2 rings (SSSR count). The van der Waals surface area contributed by atoms with Crippen LogP contribution >= 0.6 is 22.7 Å². The minimum Gasteiger partial charge on any atom is -0.301 e. The summed E-state index contributed by atoms with van der Waals surface area (Å²) < 4.78 is 0. The Balaban J connectivity index is 2.33. The van der Waals surface area contributed by atoms with Gasteiger partial charge < -0.3 is 5.32 Å². The van der Waals surface area contributed by atoms with Crippen LogP contribution in [0.25, 0.3) is 0 Å². The summed E-state index contributed by atoms with van der Waals surface area (Å²) in [5.74, 6) is 0. The summed E-state index contributed by atoms with van der Waals surface area (Å²) in [7, 11) is 0. The van der Waals surface area contributed by atoms with Crippen LogP contribution in [0.1, 0.15) is 40.3 Å². The lowest BCUT2D eigenvalue weighted by molar-refractivity contribution is 0.532. The third-order valence-corrected chi connectivity index (χ3v) is 4.69. The van der Waals surface area contributed by atoms with E-state index < -0.39 is 0 Å². The van der Waals surface area contributed by atoms with Crippen LogP contribution in [0.2, 0.25) is 0 Å². The van der Waals surface area contributed by atoms with Crippen LogP contribution in [-0.2, 0) is 0 Å². The van der Waals surface area contributed by atoms with Gasteiger partial charge in [-0.05, 0) is 39.1 Å². The molecule has 0 spiro atoms. The molecule has 1 N–H and O–H groups in total. The van der Waals surface area contributed by atoms with Gasteiger partial charge in [0, 0.05) is 15.8 Å². The minimum atomic E-state index is 0.243. The van der Waals surface area contributed by atoms with Gasteiger partial charge in [-0.15, -0.1) is 22.7 Å². The zero-order valence-electron chi connectivity index (χ0n) is 10.7. The Hall–Kier alpha value is -0.710. The predicted octanol–water partition coefficient (Wildman–Crippen LogP) is 3.91. The van der Waals surface area contributed by atoms with Gasteiger partial charge in [0.05, 0.1) is 11.7 Å². The monoisotopic (exact) mass is 266 g/mol. The van der Waals surface area contributed by atoms with Crippen LogP contribution < -0.4 is 5.32 Å². The average Bonchev–Trinajstić information content (AvgIpc) is 2.86. The standard InChI is InChI=1S/C13H18N2S2/c1-8(2)14-12(11-6-5-7-16-11)13-15-9(3)10(4)17-13/h5-8,12,14H,1-4H3. The SMILES string of the molecule is Cc1nc(C(NC(C)C)c2cccs2)sc1C. The van der Waals surface area contributed by atoms with Crippen LogP contribution in [0.5, 0.6) is 0 Å². The Kier molecular flexibility index (Phi) is 3.97. The molecule has 2 aromatic heterocycles. The van der Waals surface area contributed by atoms with Gasteiger partial charge >= 0.3 is 0 Å². The van der Waals surface area contributed by atoms with Crippen molar-refractivity contribution in [2.24, 2.45) is 0 Å². The van der Waals surface area contributed by atoms with Crippen molar-refractivity contribution >= 4 is 22.7 Å². The lowest BCUT2D eigenvalue weighted by Crippen LogP contribution is -2.28. The lowest BCUT2D eigenvalue weighted by atomic mass is 10.2. The first-order chi connectivity index (χ1) is 8.08. The molecule has 17 heavy (non-hydrogen) atoms. The topological polar surface area (TPSA) is 24.9 Å². The molecule has 0 aliphatic heterocycles. The van der Waals surface area contributed by atoms with Crippen molar-refractivity contribution in [3.63, 3.8) is 0 Å². The largest absolute Gasteiger partial charge is 0.301 e. The normalized spacial score (nSPS) is 13.2. The van der Waals surface area contributed by atoms with Gasteiger partial charge in [0.15, 0.2) is 0 Å². The molecule has 1 atom stereocenters. The first kappa shape index (κ1) is 12.7. The zero-order chi connectivity index (χ0) is 12.4. The molecule has 2 heterocycles. The smallest absolute Gasteiger partial charge is 0.115 e. The molecular weight excluding hydrogens is 248 g/mol. The summed E-state index contributed by atoms with van der Waals surface area (Å²) in [4.78, 5) is 7.33. The van der Waals surface area contributed by atoms with Crippen molar-refractivity contribution in [2.75, 3.05) is 0 Å². The second-order valence-electron chi connectivity index (χ2n) is 4.46. The van der Waals surface area contributed by atoms with Crippen molar-refractivity contribution in [3.05, 3.63) is 38.0 Å². The van der Waals surface area contributed by atoms with Crippen molar-refractivity contribution in [3.8, 4) is 0 Å². The maximum Gasteiger partial charge on any atom is 0.115 e. The van der Waals surface area contributed by atoms with E-state index in [0.29, 0.717) is 6.04 Å². The van der Waals surface area contributed by atoms with E-state index in [0.717, 1.165) is 5.69 Å². The molecule has 0 saturated carbocycles. The summed E-state index contributed by atoms with van der Waals surface area (Å²) >= 11 is 3.58. The zero-order valence-corrected chi connectivity index (χ0v) is 12.3.